The van der Waals surface area contributed by atoms with Gasteiger partial charge in [0.15, 0.2) is 5.75 Å². The van der Waals surface area contributed by atoms with Crippen molar-refractivity contribution in [2.45, 2.75) is 12.8 Å². The molecule has 1 heterocycles. The Bertz CT molecular complexity index is 487. The molecule has 1 unspecified atom stereocenters. The third-order valence-corrected chi connectivity index (χ3v) is 2.67. The Morgan fingerprint density at radius 1 is 1.56 bits per heavy atom. The van der Waals surface area contributed by atoms with Crippen LogP contribution in [0.2, 0.25) is 0 Å². The van der Waals surface area contributed by atoms with E-state index in [-0.39, 0.29) is 30.8 Å². The Morgan fingerprint density at radius 3 is 3.00 bits per heavy atom. The normalized spacial score (nSPS) is 14.1. The second-order valence-corrected chi connectivity index (χ2v) is 3.82. The first-order valence-electron chi connectivity index (χ1n) is 5.27. The third kappa shape index (κ3) is 2.06. The van der Waals surface area contributed by atoms with Gasteiger partial charge in [0, 0.05) is 11.5 Å². The van der Waals surface area contributed by atoms with Gasteiger partial charge < -0.3 is 14.2 Å². The van der Waals surface area contributed by atoms with Crippen molar-refractivity contribution in [3.05, 3.63) is 27.8 Å². The van der Waals surface area contributed by atoms with E-state index in [4.69, 9.17) is 9.47 Å². The van der Waals surface area contributed by atoms with Crippen LogP contribution in [0.4, 0.5) is 5.69 Å². The molecule has 0 aromatic heterocycles. The summed E-state index contributed by atoms with van der Waals surface area (Å²) in [6.07, 6.45) is 0. The molecule has 0 saturated carbocycles. The van der Waals surface area contributed by atoms with E-state index in [1.165, 1.54) is 0 Å². The molecule has 0 fully saturated rings. The number of hydrogen-bond acceptors (Lipinski definition) is 6. The smallest absolute Gasteiger partial charge is 0.318 e. The zero-order valence-electron chi connectivity index (χ0n) is 9.62. The summed E-state index contributed by atoms with van der Waals surface area (Å²) in [6, 6.07) is 3.20. The van der Waals surface area contributed by atoms with Gasteiger partial charge in [-0.3, -0.25) is 14.9 Å². The van der Waals surface area contributed by atoms with E-state index in [2.05, 4.69) is 4.74 Å². The summed E-state index contributed by atoms with van der Waals surface area (Å²) in [6.45, 7) is 2.09. The summed E-state index contributed by atoms with van der Waals surface area (Å²) >= 11 is 0. The summed E-state index contributed by atoms with van der Waals surface area (Å²) in [5.74, 6) is 0.189. The molecule has 0 aliphatic carbocycles. The summed E-state index contributed by atoms with van der Waals surface area (Å²) in [4.78, 5) is 20.8. The lowest BCUT2D eigenvalue weighted by atomic mass is 9.99. The molecule has 1 aliphatic heterocycles. The van der Waals surface area contributed by atoms with Crippen molar-refractivity contribution in [2.75, 3.05) is 13.4 Å². The summed E-state index contributed by atoms with van der Waals surface area (Å²) in [7, 11) is 0. The predicted molar refractivity (Wildman–Crippen MR) is 59.7 cm³/mol. The molecule has 18 heavy (non-hydrogen) atoms. The number of nitrogens with zero attached hydrogens (tertiary/aromatic N) is 1. The Morgan fingerprint density at radius 2 is 2.33 bits per heavy atom. The number of benzene rings is 1. The van der Waals surface area contributed by atoms with Crippen molar-refractivity contribution >= 4 is 12.2 Å². The number of carbonyl (C=O) groups is 1. The number of nitro groups is 1. The SMILES string of the molecule is CC(COC=O)c1ccc2c(c1[N+](=O)[O-])OCO2. The van der Waals surface area contributed by atoms with Crippen LogP contribution in [0.1, 0.15) is 18.4 Å². The van der Waals surface area contributed by atoms with Gasteiger partial charge in [0.2, 0.25) is 12.5 Å². The van der Waals surface area contributed by atoms with Crippen LogP contribution in [0.5, 0.6) is 11.5 Å². The van der Waals surface area contributed by atoms with Crippen molar-refractivity contribution in [1.82, 2.24) is 0 Å². The Labute approximate surface area is 102 Å². The molecule has 0 amide bonds. The highest BCUT2D eigenvalue weighted by Crippen LogP contribution is 2.44. The maximum absolute atomic E-state index is 11.1. The van der Waals surface area contributed by atoms with Gasteiger partial charge in [-0.25, -0.2) is 0 Å². The molecule has 96 valence electrons. The predicted octanol–water partition coefficient (Wildman–Crippen LogP) is 1.60. The molecule has 1 aliphatic rings. The van der Waals surface area contributed by atoms with Gasteiger partial charge in [-0.2, -0.15) is 0 Å². The topological polar surface area (TPSA) is 87.9 Å². The van der Waals surface area contributed by atoms with E-state index in [9.17, 15) is 14.9 Å². The second kappa shape index (κ2) is 4.91. The van der Waals surface area contributed by atoms with Gasteiger partial charge in [-0.05, 0) is 12.1 Å². The first-order chi connectivity index (χ1) is 8.65. The van der Waals surface area contributed by atoms with E-state index in [1.807, 2.05) is 0 Å². The van der Waals surface area contributed by atoms with E-state index >= 15 is 0 Å². The maximum atomic E-state index is 11.1. The number of hydrogen-bond donors (Lipinski definition) is 0. The fraction of sp³-hybridized carbons (Fsp3) is 0.364. The Kier molecular flexibility index (Phi) is 3.31. The largest absolute Gasteiger partial charge is 0.467 e. The zero-order chi connectivity index (χ0) is 13.1. The van der Waals surface area contributed by atoms with Crippen molar-refractivity contribution in [3.8, 4) is 11.5 Å². The van der Waals surface area contributed by atoms with Crippen LogP contribution in [0.3, 0.4) is 0 Å². The van der Waals surface area contributed by atoms with E-state index in [0.717, 1.165) is 0 Å². The first-order valence-corrected chi connectivity index (χ1v) is 5.27. The summed E-state index contributed by atoms with van der Waals surface area (Å²) < 4.78 is 14.8. The van der Waals surface area contributed by atoms with Crippen LogP contribution >= 0.6 is 0 Å². The van der Waals surface area contributed by atoms with Crippen LogP contribution < -0.4 is 9.47 Å². The number of fused-ring (bicyclic) bond motifs is 1. The van der Waals surface area contributed by atoms with Crippen LogP contribution in [0, 0.1) is 10.1 Å². The first kappa shape index (κ1) is 12.2. The minimum atomic E-state index is -0.514. The molecule has 1 atom stereocenters. The minimum Gasteiger partial charge on any atom is -0.467 e. The van der Waals surface area contributed by atoms with Crippen molar-refractivity contribution in [2.24, 2.45) is 0 Å². The standard InChI is InChI=1S/C11H11NO6/c1-7(4-16-5-13)8-2-3-9-11(18-6-17-9)10(8)12(14)15/h2-3,5,7H,4,6H2,1H3. The molecule has 1 aromatic rings. The lowest BCUT2D eigenvalue weighted by Gasteiger charge is -2.11. The van der Waals surface area contributed by atoms with E-state index < -0.39 is 4.92 Å². The Balaban J connectivity index is 2.41. The van der Waals surface area contributed by atoms with E-state index in [0.29, 0.717) is 17.8 Å². The molecule has 1 aromatic carbocycles. The molecule has 0 bridgehead atoms. The van der Waals surface area contributed by atoms with Gasteiger partial charge in [0.25, 0.3) is 6.47 Å². The maximum Gasteiger partial charge on any atom is 0.318 e. The van der Waals surface area contributed by atoms with Gasteiger partial charge in [-0.15, -0.1) is 0 Å². The second-order valence-electron chi connectivity index (χ2n) is 3.82. The average Bonchev–Trinajstić information content (AvgIpc) is 2.82. The summed E-state index contributed by atoms with van der Waals surface area (Å²) in [5, 5.41) is 11.1. The van der Waals surface area contributed by atoms with Crippen molar-refractivity contribution < 1.29 is 23.9 Å². The number of carbonyl (C=O) groups excluding carboxylic acids is 1. The highest BCUT2D eigenvalue weighted by molar-refractivity contribution is 5.62. The third-order valence-electron chi connectivity index (χ3n) is 2.67. The molecule has 0 radical (unpaired) electrons. The molecule has 7 nitrogen and oxygen atoms in total. The molecule has 0 N–H and O–H groups in total. The van der Waals surface area contributed by atoms with Crippen LogP contribution in [-0.2, 0) is 9.53 Å². The molecule has 0 saturated heterocycles. The van der Waals surface area contributed by atoms with E-state index in [1.54, 1.807) is 19.1 Å². The Hall–Kier alpha value is -2.31. The molecule has 7 heteroatoms. The number of rotatable bonds is 5. The fourth-order valence-corrected chi connectivity index (χ4v) is 1.83. The lowest BCUT2D eigenvalue weighted by molar-refractivity contribution is -0.386. The lowest BCUT2D eigenvalue weighted by Crippen LogP contribution is -2.07. The average molecular weight is 253 g/mol. The quantitative estimate of drug-likeness (QED) is 0.450. The zero-order valence-corrected chi connectivity index (χ0v) is 9.62. The van der Waals surface area contributed by atoms with Gasteiger partial charge in [-0.1, -0.05) is 6.92 Å². The number of ether oxygens (including phenoxy) is 3. The fourth-order valence-electron chi connectivity index (χ4n) is 1.83. The van der Waals surface area contributed by atoms with Gasteiger partial charge in [0.05, 0.1) is 11.5 Å². The molecule has 2 rings (SSSR count). The van der Waals surface area contributed by atoms with Crippen LogP contribution in [0.25, 0.3) is 0 Å². The highest BCUT2D eigenvalue weighted by atomic mass is 16.7. The van der Waals surface area contributed by atoms with Crippen molar-refractivity contribution in [3.63, 3.8) is 0 Å². The van der Waals surface area contributed by atoms with Gasteiger partial charge >= 0.3 is 5.69 Å². The van der Waals surface area contributed by atoms with Gasteiger partial charge in [0.1, 0.15) is 0 Å². The molecular formula is C11H11NO6. The minimum absolute atomic E-state index is 0.0289. The molecule has 0 spiro atoms. The van der Waals surface area contributed by atoms with Crippen LogP contribution in [0.15, 0.2) is 12.1 Å². The summed E-state index contributed by atoms with van der Waals surface area (Å²) in [5.41, 5.74) is 0.318. The monoisotopic (exact) mass is 253 g/mol. The number of nitro benzene ring substituents is 1. The van der Waals surface area contributed by atoms with Crippen LogP contribution in [-0.4, -0.2) is 24.8 Å². The molecular weight excluding hydrogens is 242 g/mol. The highest BCUT2D eigenvalue weighted by Gasteiger charge is 2.31. The van der Waals surface area contributed by atoms with Crippen molar-refractivity contribution in [1.29, 1.82) is 0 Å².